The Morgan fingerprint density at radius 1 is 1.41 bits per heavy atom. The molecular weight excluding hydrogens is 234 g/mol. The van der Waals surface area contributed by atoms with E-state index in [0.717, 1.165) is 30.2 Å². The van der Waals surface area contributed by atoms with E-state index in [4.69, 9.17) is 0 Å². The highest BCUT2D eigenvalue weighted by Crippen LogP contribution is 2.30. The van der Waals surface area contributed by atoms with Crippen LogP contribution in [0.25, 0.3) is 4.96 Å². The highest BCUT2D eigenvalue weighted by Gasteiger charge is 2.29. The molecule has 0 aliphatic carbocycles. The first-order valence-electron chi connectivity index (χ1n) is 5.86. The molecule has 2 aromatic rings. The minimum atomic E-state index is 0.661. The summed E-state index contributed by atoms with van der Waals surface area (Å²) in [6.45, 7) is 6.49. The van der Waals surface area contributed by atoms with Crippen LogP contribution in [0.2, 0.25) is 0 Å². The Bertz CT molecular complexity index is 549. The molecule has 0 amide bonds. The third-order valence-corrected chi connectivity index (χ3v) is 4.44. The van der Waals surface area contributed by atoms with E-state index in [1.165, 1.54) is 0 Å². The monoisotopic (exact) mass is 249 g/mol. The van der Waals surface area contributed by atoms with Crippen molar-refractivity contribution in [3.63, 3.8) is 0 Å². The maximum absolute atomic E-state index is 11.2. The summed E-state index contributed by atoms with van der Waals surface area (Å²) in [5.41, 5.74) is 0.683. The molecule has 4 nitrogen and oxygen atoms in total. The van der Waals surface area contributed by atoms with Crippen LogP contribution in [0.5, 0.6) is 0 Å². The van der Waals surface area contributed by atoms with Crippen LogP contribution in [0.4, 0.5) is 5.82 Å². The lowest BCUT2D eigenvalue weighted by Crippen LogP contribution is -2.21. The molecule has 2 unspecified atom stereocenters. The molecule has 0 N–H and O–H groups in total. The molecule has 0 radical (unpaired) electrons. The molecule has 3 rings (SSSR count). The lowest BCUT2D eigenvalue weighted by atomic mass is 10.0. The zero-order valence-electron chi connectivity index (χ0n) is 9.96. The second-order valence-corrected chi connectivity index (χ2v) is 5.73. The lowest BCUT2D eigenvalue weighted by molar-refractivity contribution is 0.111. The number of anilines is 1. The van der Waals surface area contributed by atoms with Crippen LogP contribution in [0.3, 0.4) is 0 Å². The topological polar surface area (TPSA) is 37.6 Å². The number of carbonyl (C=O) groups is 1. The molecule has 1 aliphatic rings. The van der Waals surface area contributed by atoms with Gasteiger partial charge in [-0.3, -0.25) is 9.20 Å². The van der Waals surface area contributed by atoms with Gasteiger partial charge in [0, 0.05) is 24.7 Å². The predicted molar refractivity (Wildman–Crippen MR) is 69.0 cm³/mol. The number of hydrogen-bond acceptors (Lipinski definition) is 4. The van der Waals surface area contributed by atoms with Crippen molar-refractivity contribution in [3.8, 4) is 0 Å². The average molecular weight is 249 g/mol. The Hall–Kier alpha value is -1.36. The number of rotatable bonds is 2. The predicted octanol–water partition coefficient (Wildman–Crippen LogP) is 2.30. The second kappa shape index (κ2) is 3.84. The third kappa shape index (κ3) is 1.57. The van der Waals surface area contributed by atoms with E-state index in [-0.39, 0.29) is 0 Å². The van der Waals surface area contributed by atoms with Crippen molar-refractivity contribution in [3.05, 3.63) is 17.3 Å². The van der Waals surface area contributed by atoms with Crippen LogP contribution >= 0.6 is 11.3 Å². The van der Waals surface area contributed by atoms with Gasteiger partial charge in [0.2, 0.25) is 0 Å². The molecule has 5 heteroatoms. The van der Waals surface area contributed by atoms with Crippen molar-refractivity contribution in [2.75, 3.05) is 18.0 Å². The Morgan fingerprint density at radius 2 is 2.12 bits per heavy atom. The first-order valence-corrected chi connectivity index (χ1v) is 6.74. The van der Waals surface area contributed by atoms with Gasteiger partial charge < -0.3 is 4.90 Å². The van der Waals surface area contributed by atoms with Crippen LogP contribution < -0.4 is 4.90 Å². The van der Waals surface area contributed by atoms with Gasteiger partial charge in [-0.05, 0) is 11.8 Å². The molecule has 90 valence electrons. The maximum Gasteiger partial charge on any atom is 0.196 e. The Labute approximate surface area is 104 Å². The van der Waals surface area contributed by atoms with Crippen LogP contribution in [-0.2, 0) is 0 Å². The van der Waals surface area contributed by atoms with E-state index in [1.807, 2.05) is 16.0 Å². The molecule has 17 heavy (non-hydrogen) atoms. The molecule has 2 atom stereocenters. The summed E-state index contributed by atoms with van der Waals surface area (Å²) in [5, 5.41) is 1.95. The van der Waals surface area contributed by atoms with Gasteiger partial charge in [-0.25, -0.2) is 4.98 Å². The summed E-state index contributed by atoms with van der Waals surface area (Å²) in [7, 11) is 0. The van der Waals surface area contributed by atoms with Gasteiger partial charge in [0.1, 0.15) is 5.69 Å². The Morgan fingerprint density at radius 3 is 2.76 bits per heavy atom. The number of aromatic nitrogens is 2. The van der Waals surface area contributed by atoms with Crippen molar-refractivity contribution in [2.24, 2.45) is 11.8 Å². The highest BCUT2D eigenvalue weighted by atomic mass is 32.1. The molecule has 0 spiro atoms. The van der Waals surface area contributed by atoms with Crippen molar-refractivity contribution in [1.29, 1.82) is 0 Å². The maximum atomic E-state index is 11.2. The van der Waals surface area contributed by atoms with E-state index >= 15 is 0 Å². The quantitative estimate of drug-likeness (QED) is 0.766. The molecule has 0 aromatic carbocycles. The zero-order chi connectivity index (χ0) is 12.0. The summed E-state index contributed by atoms with van der Waals surface area (Å²) < 4.78 is 1.88. The van der Waals surface area contributed by atoms with Crippen molar-refractivity contribution < 1.29 is 4.79 Å². The first-order chi connectivity index (χ1) is 8.20. The Kier molecular flexibility index (Phi) is 2.43. The number of thiazole rings is 1. The minimum absolute atomic E-state index is 0.661. The largest absolute Gasteiger partial charge is 0.354 e. The fourth-order valence-electron chi connectivity index (χ4n) is 2.44. The summed E-state index contributed by atoms with van der Waals surface area (Å²) in [6, 6.07) is 0. The normalized spacial score (nSPS) is 24.7. The average Bonchev–Trinajstić information content (AvgIpc) is 2.93. The summed E-state index contributed by atoms with van der Waals surface area (Å²) >= 11 is 1.56. The molecule has 2 aromatic heterocycles. The first kappa shape index (κ1) is 10.8. The van der Waals surface area contributed by atoms with Crippen molar-refractivity contribution >= 4 is 28.4 Å². The van der Waals surface area contributed by atoms with E-state index in [9.17, 15) is 4.79 Å². The molecule has 0 bridgehead atoms. The minimum Gasteiger partial charge on any atom is -0.354 e. The molecular formula is C12H15N3OS. The molecule has 3 heterocycles. The molecule has 0 saturated carbocycles. The van der Waals surface area contributed by atoms with E-state index in [2.05, 4.69) is 23.7 Å². The Balaban J connectivity index is 2.05. The van der Waals surface area contributed by atoms with Crippen molar-refractivity contribution in [2.45, 2.75) is 13.8 Å². The number of hydrogen-bond donors (Lipinski definition) is 0. The lowest BCUT2D eigenvalue weighted by Gasteiger charge is -2.15. The van der Waals surface area contributed by atoms with Gasteiger partial charge in [0.15, 0.2) is 17.1 Å². The number of nitrogens with zero attached hydrogens (tertiary/aromatic N) is 3. The van der Waals surface area contributed by atoms with Crippen LogP contribution in [0.15, 0.2) is 11.6 Å². The second-order valence-electron chi connectivity index (χ2n) is 4.85. The van der Waals surface area contributed by atoms with E-state index < -0.39 is 0 Å². The van der Waals surface area contributed by atoms with E-state index in [0.29, 0.717) is 17.5 Å². The fourth-order valence-corrected chi connectivity index (χ4v) is 3.15. The van der Waals surface area contributed by atoms with Crippen LogP contribution in [-0.4, -0.2) is 28.8 Å². The van der Waals surface area contributed by atoms with Gasteiger partial charge in [-0.1, -0.05) is 13.8 Å². The standard InChI is InChI=1S/C12H15N3OS/c1-8-5-14(6-9(8)2)11-10(7-16)15-3-4-17-12(15)13-11/h3-4,7-9H,5-6H2,1-2H3. The summed E-state index contributed by atoms with van der Waals surface area (Å²) in [4.78, 5) is 18.9. The fraction of sp³-hybridized carbons (Fsp3) is 0.500. The highest BCUT2D eigenvalue weighted by molar-refractivity contribution is 7.15. The van der Waals surface area contributed by atoms with Crippen LogP contribution in [0.1, 0.15) is 24.3 Å². The smallest absolute Gasteiger partial charge is 0.196 e. The number of carbonyl (C=O) groups excluding carboxylic acids is 1. The zero-order valence-corrected chi connectivity index (χ0v) is 10.8. The molecule has 1 fully saturated rings. The number of imidazole rings is 1. The third-order valence-electron chi connectivity index (χ3n) is 3.68. The van der Waals surface area contributed by atoms with Crippen molar-refractivity contribution in [1.82, 2.24) is 9.38 Å². The SMILES string of the molecule is CC1CN(c2nc3sccn3c2C=O)CC1C. The van der Waals surface area contributed by atoms with Gasteiger partial charge >= 0.3 is 0 Å². The van der Waals surface area contributed by atoms with E-state index in [1.54, 1.807) is 11.3 Å². The number of fused-ring (bicyclic) bond motifs is 1. The summed E-state index contributed by atoms with van der Waals surface area (Å²) in [5.74, 6) is 2.17. The number of aldehydes is 1. The summed E-state index contributed by atoms with van der Waals surface area (Å²) in [6.07, 6.45) is 2.82. The van der Waals surface area contributed by atoms with Crippen LogP contribution in [0, 0.1) is 11.8 Å². The van der Waals surface area contributed by atoms with Gasteiger partial charge in [-0.15, -0.1) is 11.3 Å². The van der Waals surface area contributed by atoms with Gasteiger partial charge in [0.25, 0.3) is 0 Å². The molecule has 1 saturated heterocycles. The molecule has 1 aliphatic heterocycles. The van der Waals surface area contributed by atoms with Gasteiger partial charge in [0.05, 0.1) is 0 Å². The van der Waals surface area contributed by atoms with Gasteiger partial charge in [-0.2, -0.15) is 0 Å².